The highest BCUT2D eigenvalue weighted by molar-refractivity contribution is 5.74. The van der Waals surface area contributed by atoms with Gasteiger partial charge in [-0.05, 0) is 5.92 Å². The van der Waals surface area contributed by atoms with E-state index in [0.29, 0.717) is 6.54 Å². The highest BCUT2D eigenvalue weighted by atomic mass is 19.4. The number of nitrogens with zero attached hydrogens (tertiary/aromatic N) is 2. The summed E-state index contributed by atoms with van der Waals surface area (Å²) in [6.45, 7) is 2.80. The van der Waals surface area contributed by atoms with Gasteiger partial charge in [0.2, 0.25) is 0 Å². The monoisotopic (exact) mass is 251 g/mol. The predicted molar refractivity (Wildman–Crippen MR) is 56.1 cm³/mol. The van der Waals surface area contributed by atoms with Gasteiger partial charge in [0.25, 0.3) is 0 Å². The lowest BCUT2D eigenvalue weighted by Gasteiger charge is -2.24. The van der Waals surface area contributed by atoms with Gasteiger partial charge < -0.3 is 10.2 Å². The van der Waals surface area contributed by atoms with Crippen molar-refractivity contribution < 1.29 is 18.0 Å². The average molecular weight is 251 g/mol. The predicted octanol–water partition coefficient (Wildman–Crippen LogP) is 2.13. The molecule has 0 fully saturated rings. The highest BCUT2D eigenvalue weighted by Gasteiger charge is 2.28. The lowest BCUT2D eigenvalue weighted by atomic mass is 10.2. The molecule has 0 spiro atoms. The normalized spacial score (nSPS) is 11.1. The number of alkyl halides is 3. The molecule has 0 aliphatic heterocycles. The summed E-state index contributed by atoms with van der Waals surface area (Å²) in [6, 6.07) is 1.07. The van der Waals surface area contributed by atoms with Crippen LogP contribution in [0.15, 0.2) is 0 Å². The molecule has 1 N–H and O–H groups in total. The first-order valence-electron chi connectivity index (χ1n) is 5.22. The molecule has 17 heavy (non-hydrogen) atoms. The molecular formula is C10H16F3N3O. The van der Waals surface area contributed by atoms with Crippen LogP contribution in [0.4, 0.5) is 18.0 Å². The number of hydrogen-bond acceptors (Lipinski definition) is 2. The van der Waals surface area contributed by atoms with Gasteiger partial charge in [0.15, 0.2) is 0 Å². The Bertz CT molecular complexity index is 284. The van der Waals surface area contributed by atoms with Crippen LogP contribution in [0.5, 0.6) is 0 Å². The summed E-state index contributed by atoms with van der Waals surface area (Å²) >= 11 is 0. The molecule has 4 nitrogen and oxygen atoms in total. The molecular weight excluding hydrogens is 235 g/mol. The average Bonchev–Trinajstić information content (AvgIpc) is 2.19. The van der Waals surface area contributed by atoms with Gasteiger partial charge in [0.05, 0.1) is 12.5 Å². The molecule has 0 atom stereocenters. The van der Waals surface area contributed by atoms with Gasteiger partial charge in [-0.2, -0.15) is 18.4 Å². The van der Waals surface area contributed by atoms with Gasteiger partial charge in [0.1, 0.15) is 6.54 Å². The smallest absolute Gasteiger partial charge is 0.329 e. The molecule has 98 valence electrons. The van der Waals surface area contributed by atoms with Crippen LogP contribution in [-0.4, -0.2) is 36.7 Å². The first kappa shape index (κ1) is 15.6. The van der Waals surface area contributed by atoms with Crippen LogP contribution in [0.2, 0.25) is 0 Å². The van der Waals surface area contributed by atoms with Gasteiger partial charge >= 0.3 is 12.2 Å². The molecule has 0 heterocycles. The van der Waals surface area contributed by atoms with E-state index < -0.39 is 18.8 Å². The van der Waals surface area contributed by atoms with E-state index in [-0.39, 0.29) is 18.9 Å². The van der Waals surface area contributed by atoms with Crippen LogP contribution in [0.1, 0.15) is 20.3 Å². The van der Waals surface area contributed by atoms with E-state index in [1.165, 1.54) is 4.90 Å². The second-order valence-electron chi connectivity index (χ2n) is 4.02. The number of rotatable bonds is 5. The Labute approximate surface area is 98.4 Å². The van der Waals surface area contributed by atoms with Gasteiger partial charge in [-0.1, -0.05) is 13.8 Å². The van der Waals surface area contributed by atoms with Crippen molar-refractivity contribution in [3.63, 3.8) is 0 Å². The summed E-state index contributed by atoms with van der Waals surface area (Å²) < 4.78 is 35.7. The molecule has 0 aromatic carbocycles. The van der Waals surface area contributed by atoms with Crippen molar-refractivity contribution in [2.24, 2.45) is 5.92 Å². The molecule has 0 aliphatic rings. The van der Waals surface area contributed by atoms with Crippen LogP contribution in [-0.2, 0) is 0 Å². The zero-order valence-electron chi connectivity index (χ0n) is 9.84. The Morgan fingerprint density at radius 3 is 2.47 bits per heavy atom. The van der Waals surface area contributed by atoms with Crippen LogP contribution in [0.3, 0.4) is 0 Å². The SMILES string of the molecule is CC(C)CN(CCC#N)C(=O)NCC(F)(F)F. The molecule has 0 bridgehead atoms. The minimum Gasteiger partial charge on any atom is -0.329 e. The second kappa shape index (κ2) is 6.99. The van der Waals surface area contributed by atoms with Crippen molar-refractivity contribution in [1.82, 2.24) is 10.2 Å². The van der Waals surface area contributed by atoms with Crippen LogP contribution in [0.25, 0.3) is 0 Å². The quantitative estimate of drug-likeness (QED) is 0.813. The fourth-order valence-corrected chi connectivity index (χ4v) is 1.19. The third-order valence-electron chi connectivity index (χ3n) is 1.81. The maximum atomic E-state index is 11.9. The van der Waals surface area contributed by atoms with Crippen molar-refractivity contribution in [1.29, 1.82) is 5.26 Å². The largest absolute Gasteiger partial charge is 0.405 e. The molecule has 0 rings (SSSR count). The first-order chi connectivity index (χ1) is 7.76. The number of hydrogen-bond donors (Lipinski definition) is 1. The van der Waals surface area contributed by atoms with Crippen molar-refractivity contribution in [3.05, 3.63) is 0 Å². The number of nitriles is 1. The Kier molecular flexibility index (Phi) is 6.39. The Balaban J connectivity index is 4.27. The summed E-state index contributed by atoms with van der Waals surface area (Å²) in [6.07, 6.45) is -4.32. The summed E-state index contributed by atoms with van der Waals surface area (Å²) in [5.41, 5.74) is 0. The molecule has 0 radical (unpaired) electrons. The molecule has 0 aliphatic carbocycles. The second-order valence-corrected chi connectivity index (χ2v) is 4.02. The third-order valence-corrected chi connectivity index (χ3v) is 1.81. The fourth-order valence-electron chi connectivity index (χ4n) is 1.19. The van der Waals surface area contributed by atoms with E-state index in [1.807, 2.05) is 19.9 Å². The molecule has 0 aromatic heterocycles. The molecule has 0 aromatic rings. The standard InChI is InChI=1S/C10H16F3N3O/c1-8(2)6-16(5-3-4-14)9(17)15-7-10(11,12)13/h8H,3,5-7H2,1-2H3,(H,15,17). The maximum Gasteiger partial charge on any atom is 0.405 e. The number of carbonyl (C=O) groups excluding carboxylic acids is 1. The van der Waals surface area contributed by atoms with Crippen LogP contribution < -0.4 is 5.32 Å². The third kappa shape index (κ3) is 8.37. The topological polar surface area (TPSA) is 56.1 Å². The van der Waals surface area contributed by atoms with E-state index in [9.17, 15) is 18.0 Å². The molecule has 0 unspecified atom stereocenters. The lowest BCUT2D eigenvalue weighted by Crippen LogP contribution is -2.45. The maximum absolute atomic E-state index is 11.9. The van der Waals surface area contributed by atoms with Gasteiger partial charge in [0, 0.05) is 13.1 Å². The Hall–Kier alpha value is -1.45. The van der Waals surface area contributed by atoms with Gasteiger partial charge in [-0.3, -0.25) is 0 Å². The van der Waals surface area contributed by atoms with Crippen molar-refractivity contribution in [2.45, 2.75) is 26.4 Å². The Morgan fingerprint density at radius 2 is 2.06 bits per heavy atom. The zero-order chi connectivity index (χ0) is 13.5. The Morgan fingerprint density at radius 1 is 1.47 bits per heavy atom. The zero-order valence-corrected chi connectivity index (χ0v) is 9.84. The number of halogens is 3. The van der Waals surface area contributed by atoms with E-state index in [1.54, 1.807) is 5.32 Å². The minimum atomic E-state index is -4.42. The van der Waals surface area contributed by atoms with Crippen molar-refractivity contribution in [3.8, 4) is 6.07 Å². The van der Waals surface area contributed by atoms with Gasteiger partial charge in [-0.25, -0.2) is 4.79 Å². The van der Waals surface area contributed by atoms with Gasteiger partial charge in [-0.15, -0.1) is 0 Å². The number of carbonyl (C=O) groups is 1. The highest BCUT2D eigenvalue weighted by Crippen LogP contribution is 2.12. The van der Waals surface area contributed by atoms with Crippen molar-refractivity contribution in [2.75, 3.05) is 19.6 Å². The summed E-state index contributed by atoms with van der Waals surface area (Å²) in [5, 5.41) is 10.2. The van der Waals surface area contributed by atoms with E-state index in [4.69, 9.17) is 5.26 Å². The van der Waals surface area contributed by atoms with E-state index in [2.05, 4.69) is 0 Å². The first-order valence-corrected chi connectivity index (χ1v) is 5.22. The van der Waals surface area contributed by atoms with Crippen LogP contribution in [0, 0.1) is 17.2 Å². The van der Waals surface area contributed by atoms with Crippen molar-refractivity contribution >= 4 is 6.03 Å². The lowest BCUT2D eigenvalue weighted by molar-refractivity contribution is -0.123. The molecule has 0 saturated heterocycles. The number of nitrogens with one attached hydrogen (secondary N) is 1. The summed E-state index contributed by atoms with van der Waals surface area (Å²) in [4.78, 5) is 12.7. The fraction of sp³-hybridized carbons (Fsp3) is 0.800. The van der Waals surface area contributed by atoms with E-state index >= 15 is 0 Å². The number of amides is 2. The van der Waals surface area contributed by atoms with Crippen LogP contribution >= 0.6 is 0 Å². The molecule has 7 heteroatoms. The summed E-state index contributed by atoms with van der Waals surface area (Å²) in [7, 11) is 0. The minimum absolute atomic E-state index is 0.103. The molecule has 0 saturated carbocycles. The van der Waals surface area contributed by atoms with E-state index in [0.717, 1.165) is 0 Å². The molecule has 2 amide bonds. The number of urea groups is 1. The summed E-state index contributed by atoms with van der Waals surface area (Å²) in [5.74, 6) is 0.130.